The Morgan fingerprint density at radius 1 is 1.12 bits per heavy atom. The standard InChI is InChI=1S/C22H22FN9O2/c1-24-19-11-16(27-18-3-2-4-20(29-18)31-7-9-34-10-8-31)21-26-13-17(32(21)30-19)22(33)28-15-5-6-25-12-14(15)23/h2-6,11-13H,7-10H2,1H3,(H,24,30)(H,27,29)(H,25,28,33). The number of morpholine rings is 1. The van der Waals surface area contributed by atoms with Gasteiger partial charge in [0.1, 0.15) is 17.5 Å². The summed E-state index contributed by atoms with van der Waals surface area (Å²) in [5.41, 5.74) is 1.17. The lowest BCUT2D eigenvalue weighted by Gasteiger charge is -2.28. The fourth-order valence-corrected chi connectivity index (χ4v) is 3.60. The van der Waals surface area contributed by atoms with Crippen molar-refractivity contribution < 1.29 is 13.9 Å². The summed E-state index contributed by atoms with van der Waals surface area (Å²) in [7, 11) is 1.72. The van der Waals surface area contributed by atoms with Gasteiger partial charge in [0.2, 0.25) is 0 Å². The molecule has 5 heterocycles. The van der Waals surface area contributed by atoms with E-state index in [1.54, 1.807) is 13.1 Å². The third-order valence-corrected chi connectivity index (χ3v) is 5.31. The van der Waals surface area contributed by atoms with Crippen LogP contribution in [-0.2, 0) is 4.74 Å². The van der Waals surface area contributed by atoms with Gasteiger partial charge < -0.3 is 25.6 Å². The number of nitrogens with one attached hydrogen (secondary N) is 3. The van der Waals surface area contributed by atoms with E-state index in [2.05, 4.69) is 35.9 Å². The molecule has 34 heavy (non-hydrogen) atoms. The van der Waals surface area contributed by atoms with Crippen LogP contribution in [0, 0.1) is 5.82 Å². The monoisotopic (exact) mass is 463 g/mol. The number of carbonyl (C=O) groups excluding carboxylic acids is 1. The number of aromatic nitrogens is 5. The third-order valence-electron chi connectivity index (χ3n) is 5.31. The molecule has 0 aromatic carbocycles. The maximum Gasteiger partial charge on any atom is 0.276 e. The van der Waals surface area contributed by atoms with Crippen LogP contribution in [0.1, 0.15) is 10.5 Å². The highest BCUT2D eigenvalue weighted by molar-refractivity contribution is 6.03. The minimum Gasteiger partial charge on any atom is -0.378 e. The van der Waals surface area contributed by atoms with Gasteiger partial charge in [0.25, 0.3) is 5.91 Å². The van der Waals surface area contributed by atoms with E-state index in [9.17, 15) is 9.18 Å². The molecular formula is C22H22FN9O2. The fourth-order valence-electron chi connectivity index (χ4n) is 3.60. The smallest absolute Gasteiger partial charge is 0.276 e. The van der Waals surface area contributed by atoms with E-state index in [1.807, 2.05) is 18.2 Å². The van der Waals surface area contributed by atoms with Crippen molar-refractivity contribution in [1.29, 1.82) is 0 Å². The largest absolute Gasteiger partial charge is 0.378 e. The molecule has 0 spiro atoms. The first-order valence-corrected chi connectivity index (χ1v) is 10.7. The van der Waals surface area contributed by atoms with Crippen LogP contribution in [0.3, 0.4) is 0 Å². The Labute approximate surface area is 194 Å². The molecule has 1 fully saturated rings. The first-order chi connectivity index (χ1) is 16.6. The number of nitrogens with zero attached hydrogens (tertiary/aromatic N) is 6. The van der Waals surface area contributed by atoms with Gasteiger partial charge in [0.15, 0.2) is 17.2 Å². The van der Waals surface area contributed by atoms with Gasteiger partial charge in [-0.3, -0.25) is 9.78 Å². The summed E-state index contributed by atoms with van der Waals surface area (Å²) in [4.78, 5) is 27.8. The second-order valence-electron chi connectivity index (χ2n) is 7.49. The molecule has 0 bridgehead atoms. The highest BCUT2D eigenvalue weighted by Gasteiger charge is 2.19. The van der Waals surface area contributed by atoms with Gasteiger partial charge in [-0.25, -0.2) is 18.9 Å². The normalized spacial score (nSPS) is 13.6. The van der Waals surface area contributed by atoms with Crippen LogP contribution in [0.15, 0.2) is 48.9 Å². The second kappa shape index (κ2) is 9.27. The molecule has 4 aromatic rings. The van der Waals surface area contributed by atoms with Crippen LogP contribution < -0.4 is 20.9 Å². The van der Waals surface area contributed by atoms with E-state index >= 15 is 0 Å². The average Bonchev–Trinajstić information content (AvgIpc) is 3.30. The third kappa shape index (κ3) is 4.30. The molecule has 3 N–H and O–H groups in total. The van der Waals surface area contributed by atoms with Gasteiger partial charge in [0.05, 0.1) is 37.0 Å². The van der Waals surface area contributed by atoms with Crippen LogP contribution in [0.25, 0.3) is 5.65 Å². The SMILES string of the molecule is CNc1cc(Nc2cccc(N3CCOCC3)n2)c2ncc(C(=O)Nc3ccncc3F)n2n1. The van der Waals surface area contributed by atoms with E-state index in [-0.39, 0.29) is 11.4 Å². The highest BCUT2D eigenvalue weighted by atomic mass is 19.1. The minimum atomic E-state index is -0.637. The molecule has 4 aromatic heterocycles. The number of hydrogen-bond donors (Lipinski definition) is 3. The number of hydrogen-bond acceptors (Lipinski definition) is 9. The van der Waals surface area contributed by atoms with Crippen molar-refractivity contribution in [2.45, 2.75) is 0 Å². The zero-order valence-electron chi connectivity index (χ0n) is 18.3. The lowest BCUT2D eigenvalue weighted by molar-refractivity contribution is 0.102. The predicted octanol–water partition coefficient (Wildman–Crippen LogP) is 2.53. The zero-order chi connectivity index (χ0) is 23.5. The molecule has 12 heteroatoms. The van der Waals surface area contributed by atoms with Crippen LogP contribution in [0.2, 0.25) is 0 Å². The number of halogens is 1. The molecule has 0 unspecified atom stereocenters. The Bertz CT molecular complexity index is 1340. The minimum absolute atomic E-state index is 0.0159. The Morgan fingerprint density at radius 2 is 1.97 bits per heavy atom. The average molecular weight is 463 g/mol. The summed E-state index contributed by atoms with van der Waals surface area (Å²) in [6.07, 6.45) is 3.81. The van der Waals surface area contributed by atoms with Crippen molar-refractivity contribution in [3.63, 3.8) is 0 Å². The quantitative estimate of drug-likeness (QED) is 0.396. The molecule has 1 amide bonds. The Morgan fingerprint density at radius 3 is 2.76 bits per heavy atom. The van der Waals surface area contributed by atoms with Crippen molar-refractivity contribution in [1.82, 2.24) is 24.6 Å². The predicted molar refractivity (Wildman–Crippen MR) is 125 cm³/mol. The van der Waals surface area contributed by atoms with Gasteiger partial charge in [-0.15, -0.1) is 5.10 Å². The summed E-state index contributed by atoms with van der Waals surface area (Å²) in [6.45, 7) is 2.88. The number of amides is 1. The second-order valence-corrected chi connectivity index (χ2v) is 7.49. The summed E-state index contributed by atoms with van der Waals surface area (Å²) >= 11 is 0. The first-order valence-electron chi connectivity index (χ1n) is 10.7. The summed E-state index contributed by atoms with van der Waals surface area (Å²) in [5.74, 6) is 0.766. The molecule has 0 atom stereocenters. The first kappa shape index (κ1) is 21.5. The Kier molecular flexibility index (Phi) is 5.87. The molecule has 0 radical (unpaired) electrons. The molecule has 174 valence electrons. The topological polar surface area (TPSA) is 122 Å². The molecule has 5 rings (SSSR count). The van der Waals surface area contributed by atoms with Crippen molar-refractivity contribution in [3.8, 4) is 0 Å². The van der Waals surface area contributed by atoms with Crippen LogP contribution in [-0.4, -0.2) is 63.8 Å². The number of imidazole rings is 1. The highest BCUT2D eigenvalue weighted by Crippen LogP contribution is 2.25. The maximum atomic E-state index is 13.9. The molecule has 0 saturated carbocycles. The molecule has 0 aliphatic carbocycles. The number of pyridine rings is 2. The van der Waals surface area contributed by atoms with Gasteiger partial charge in [-0.2, -0.15) is 0 Å². The van der Waals surface area contributed by atoms with E-state index < -0.39 is 11.7 Å². The van der Waals surface area contributed by atoms with Gasteiger partial charge in [-0.05, 0) is 18.2 Å². The number of rotatable bonds is 6. The molecule has 1 saturated heterocycles. The molecular weight excluding hydrogens is 441 g/mol. The summed E-state index contributed by atoms with van der Waals surface area (Å²) in [5, 5.41) is 13.2. The summed E-state index contributed by atoms with van der Waals surface area (Å²) in [6, 6.07) is 8.88. The van der Waals surface area contributed by atoms with Crippen LogP contribution in [0.5, 0.6) is 0 Å². The van der Waals surface area contributed by atoms with E-state index in [1.165, 1.54) is 23.0 Å². The van der Waals surface area contributed by atoms with E-state index in [0.29, 0.717) is 36.2 Å². The van der Waals surface area contributed by atoms with Crippen molar-refractivity contribution in [3.05, 3.63) is 60.4 Å². The van der Waals surface area contributed by atoms with E-state index in [4.69, 9.17) is 9.72 Å². The fraction of sp³-hybridized carbons (Fsp3) is 0.227. The van der Waals surface area contributed by atoms with Crippen molar-refractivity contribution >= 4 is 40.4 Å². The molecule has 1 aliphatic heterocycles. The molecule has 11 nitrogen and oxygen atoms in total. The Hall–Kier alpha value is -4.32. The molecule has 1 aliphatic rings. The summed E-state index contributed by atoms with van der Waals surface area (Å²) < 4.78 is 20.8. The van der Waals surface area contributed by atoms with Gasteiger partial charge >= 0.3 is 0 Å². The number of carbonyl (C=O) groups is 1. The van der Waals surface area contributed by atoms with Crippen molar-refractivity contribution in [2.75, 3.05) is 54.2 Å². The van der Waals surface area contributed by atoms with Crippen LogP contribution in [0.4, 0.5) is 33.2 Å². The van der Waals surface area contributed by atoms with Crippen LogP contribution >= 0.6 is 0 Å². The lowest BCUT2D eigenvalue weighted by Crippen LogP contribution is -2.36. The number of fused-ring (bicyclic) bond motifs is 1. The van der Waals surface area contributed by atoms with Gasteiger partial charge in [0, 0.05) is 32.4 Å². The number of anilines is 5. The Balaban J connectivity index is 1.46. The van der Waals surface area contributed by atoms with Crippen molar-refractivity contribution in [2.24, 2.45) is 0 Å². The van der Waals surface area contributed by atoms with Gasteiger partial charge in [-0.1, -0.05) is 6.07 Å². The lowest BCUT2D eigenvalue weighted by atomic mass is 10.3. The zero-order valence-corrected chi connectivity index (χ0v) is 18.3. The number of ether oxygens (including phenoxy) is 1. The maximum absolute atomic E-state index is 13.9. The van der Waals surface area contributed by atoms with E-state index in [0.717, 1.165) is 25.1 Å².